The van der Waals surface area contributed by atoms with Crippen LogP contribution in [0.15, 0.2) is 18.2 Å². The van der Waals surface area contributed by atoms with Gasteiger partial charge in [-0.05, 0) is 12.1 Å². The van der Waals surface area contributed by atoms with E-state index < -0.39 is 11.9 Å². The molecule has 0 radical (unpaired) electrons. The lowest BCUT2D eigenvalue weighted by molar-refractivity contribution is -0.140. The van der Waals surface area contributed by atoms with E-state index in [1.54, 1.807) is 19.1 Å². The summed E-state index contributed by atoms with van der Waals surface area (Å²) in [7, 11) is 0. The summed E-state index contributed by atoms with van der Waals surface area (Å²) in [5, 5.41) is 11.8. The van der Waals surface area contributed by atoms with Crippen LogP contribution in [0.3, 0.4) is 0 Å². The Morgan fingerprint density at radius 2 is 2.25 bits per heavy atom. The van der Waals surface area contributed by atoms with Crippen LogP contribution in [0.1, 0.15) is 6.92 Å². The highest BCUT2D eigenvalue weighted by atomic mass is 16.7. The summed E-state index contributed by atoms with van der Waals surface area (Å²) in [5.41, 5.74) is 0.831. The molecule has 1 aliphatic rings. The van der Waals surface area contributed by atoms with E-state index in [0.29, 0.717) is 12.3 Å². The van der Waals surface area contributed by atoms with Gasteiger partial charge < -0.3 is 19.9 Å². The zero-order chi connectivity index (χ0) is 11.5. The molecule has 0 spiro atoms. The molecule has 1 aromatic carbocycles. The van der Waals surface area contributed by atoms with Gasteiger partial charge in [0, 0.05) is 18.3 Å². The van der Waals surface area contributed by atoms with Crippen LogP contribution in [-0.4, -0.2) is 24.4 Å². The molecule has 5 heteroatoms. The van der Waals surface area contributed by atoms with Gasteiger partial charge >= 0.3 is 5.97 Å². The van der Waals surface area contributed by atoms with Crippen molar-refractivity contribution in [1.82, 2.24) is 0 Å². The van der Waals surface area contributed by atoms with Gasteiger partial charge in [0.2, 0.25) is 6.79 Å². The maximum Gasteiger partial charge on any atom is 0.308 e. The number of carboxylic acid groups (broad SMARTS) is 1. The number of fused-ring (bicyclic) bond motifs is 1. The third-order valence-corrected chi connectivity index (χ3v) is 2.41. The van der Waals surface area contributed by atoms with Gasteiger partial charge in [-0.2, -0.15) is 0 Å². The topological polar surface area (TPSA) is 67.8 Å². The minimum Gasteiger partial charge on any atom is -0.481 e. The van der Waals surface area contributed by atoms with Crippen molar-refractivity contribution in [1.29, 1.82) is 0 Å². The molecule has 1 heterocycles. The van der Waals surface area contributed by atoms with E-state index in [0.717, 1.165) is 11.4 Å². The number of hydrogen-bond donors (Lipinski definition) is 2. The number of carboxylic acids is 1. The maximum absolute atomic E-state index is 10.6. The summed E-state index contributed by atoms with van der Waals surface area (Å²) in [6.45, 7) is 2.28. The zero-order valence-electron chi connectivity index (χ0n) is 8.90. The molecule has 1 atom stereocenters. The molecule has 16 heavy (non-hydrogen) atoms. The van der Waals surface area contributed by atoms with Gasteiger partial charge in [-0.1, -0.05) is 6.92 Å². The third kappa shape index (κ3) is 2.18. The van der Waals surface area contributed by atoms with Crippen LogP contribution in [-0.2, 0) is 4.79 Å². The molecule has 1 aliphatic heterocycles. The predicted octanol–water partition coefficient (Wildman–Crippen LogP) is 1.55. The van der Waals surface area contributed by atoms with Crippen LogP contribution in [0.4, 0.5) is 5.69 Å². The summed E-state index contributed by atoms with van der Waals surface area (Å²) in [4.78, 5) is 10.6. The Kier molecular flexibility index (Phi) is 2.85. The van der Waals surface area contributed by atoms with Crippen LogP contribution in [0, 0.1) is 5.92 Å². The fourth-order valence-electron chi connectivity index (χ4n) is 1.36. The Balaban J connectivity index is 1.98. The minimum absolute atomic E-state index is 0.240. The van der Waals surface area contributed by atoms with E-state index in [-0.39, 0.29) is 6.79 Å². The smallest absolute Gasteiger partial charge is 0.308 e. The van der Waals surface area contributed by atoms with Crippen molar-refractivity contribution in [3.05, 3.63) is 18.2 Å². The molecule has 0 amide bonds. The zero-order valence-corrected chi connectivity index (χ0v) is 8.90. The summed E-state index contributed by atoms with van der Waals surface area (Å²) in [6, 6.07) is 5.44. The number of nitrogens with one attached hydrogen (secondary N) is 1. The lowest BCUT2D eigenvalue weighted by atomic mass is 10.2. The van der Waals surface area contributed by atoms with E-state index >= 15 is 0 Å². The molecule has 1 aromatic rings. The highest BCUT2D eigenvalue weighted by Crippen LogP contribution is 2.34. The van der Waals surface area contributed by atoms with Crippen molar-refractivity contribution in [3.63, 3.8) is 0 Å². The number of anilines is 1. The maximum atomic E-state index is 10.6. The molecular weight excluding hydrogens is 210 g/mol. The van der Waals surface area contributed by atoms with E-state index in [1.807, 2.05) is 6.07 Å². The van der Waals surface area contributed by atoms with E-state index in [1.165, 1.54) is 0 Å². The average molecular weight is 223 g/mol. The molecule has 86 valence electrons. The summed E-state index contributed by atoms with van der Waals surface area (Å²) >= 11 is 0. The number of aliphatic carboxylic acids is 1. The van der Waals surface area contributed by atoms with E-state index in [9.17, 15) is 4.79 Å². The number of carbonyl (C=O) groups is 1. The molecule has 0 bridgehead atoms. The first-order valence-corrected chi connectivity index (χ1v) is 5.03. The molecule has 2 rings (SSSR count). The van der Waals surface area contributed by atoms with Crippen LogP contribution in [0.25, 0.3) is 0 Å². The molecule has 0 saturated carbocycles. The average Bonchev–Trinajstić information content (AvgIpc) is 2.72. The van der Waals surface area contributed by atoms with Crippen molar-refractivity contribution in [3.8, 4) is 11.5 Å². The Bertz CT molecular complexity index is 405. The molecule has 0 saturated heterocycles. The number of ether oxygens (including phenoxy) is 2. The Labute approximate surface area is 93.0 Å². The lowest BCUT2D eigenvalue weighted by Crippen LogP contribution is -2.19. The van der Waals surface area contributed by atoms with Gasteiger partial charge in [-0.15, -0.1) is 0 Å². The second kappa shape index (κ2) is 4.30. The Morgan fingerprint density at radius 3 is 3.00 bits per heavy atom. The quantitative estimate of drug-likeness (QED) is 0.810. The predicted molar refractivity (Wildman–Crippen MR) is 57.9 cm³/mol. The standard InChI is InChI=1S/C11H13NO4/c1-7(11(13)14)5-12-8-2-3-9-10(4-8)16-6-15-9/h2-4,7,12H,5-6H2,1H3,(H,13,14). The van der Waals surface area contributed by atoms with E-state index in [2.05, 4.69) is 5.32 Å². The number of benzene rings is 1. The van der Waals surface area contributed by atoms with Gasteiger partial charge in [0.1, 0.15) is 0 Å². The highest BCUT2D eigenvalue weighted by Gasteiger charge is 2.14. The largest absolute Gasteiger partial charge is 0.481 e. The first-order valence-electron chi connectivity index (χ1n) is 5.03. The van der Waals surface area contributed by atoms with Gasteiger partial charge in [-0.3, -0.25) is 4.79 Å². The number of hydrogen-bond acceptors (Lipinski definition) is 4. The Morgan fingerprint density at radius 1 is 1.50 bits per heavy atom. The van der Waals surface area contributed by atoms with Crippen molar-refractivity contribution in [2.45, 2.75) is 6.92 Å². The second-order valence-corrected chi connectivity index (χ2v) is 3.69. The van der Waals surface area contributed by atoms with Crippen molar-refractivity contribution in [2.75, 3.05) is 18.7 Å². The van der Waals surface area contributed by atoms with Gasteiger partial charge in [0.15, 0.2) is 11.5 Å². The first-order chi connectivity index (χ1) is 7.66. The normalized spacial score (nSPS) is 14.6. The van der Waals surface area contributed by atoms with Crippen molar-refractivity contribution < 1.29 is 19.4 Å². The molecule has 0 aromatic heterocycles. The fourth-order valence-corrected chi connectivity index (χ4v) is 1.36. The molecule has 0 fully saturated rings. The summed E-state index contributed by atoms with van der Waals surface area (Å²) < 4.78 is 10.4. The van der Waals surface area contributed by atoms with Gasteiger partial charge in [0.05, 0.1) is 5.92 Å². The monoisotopic (exact) mass is 223 g/mol. The van der Waals surface area contributed by atoms with Crippen LogP contribution < -0.4 is 14.8 Å². The van der Waals surface area contributed by atoms with Crippen LogP contribution in [0.2, 0.25) is 0 Å². The number of rotatable bonds is 4. The van der Waals surface area contributed by atoms with Gasteiger partial charge in [-0.25, -0.2) is 0 Å². The highest BCUT2D eigenvalue weighted by molar-refractivity contribution is 5.70. The first kappa shape index (κ1) is 10.6. The lowest BCUT2D eigenvalue weighted by Gasteiger charge is -2.09. The second-order valence-electron chi connectivity index (χ2n) is 3.69. The minimum atomic E-state index is -0.812. The summed E-state index contributed by atoms with van der Waals surface area (Å²) in [5.74, 6) is 0.170. The molecule has 1 unspecified atom stereocenters. The molecular formula is C11H13NO4. The molecule has 0 aliphatic carbocycles. The summed E-state index contributed by atoms with van der Waals surface area (Å²) in [6.07, 6.45) is 0. The van der Waals surface area contributed by atoms with Crippen LogP contribution >= 0.6 is 0 Å². The molecule has 2 N–H and O–H groups in total. The SMILES string of the molecule is CC(CNc1ccc2c(c1)OCO2)C(=O)O. The third-order valence-electron chi connectivity index (χ3n) is 2.41. The molecule has 5 nitrogen and oxygen atoms in total. The van der Waals surface area contributed by atoms with E-state index in [4.69, 9.17) is 14.6 Å². The van der Waals surface area contributed by atoms with Crippen molar-refractivity contribution >= 4 is 11.7 Å². The fraction of sp³-hybridized carbons (Fsp3) is 0.364. The van der Waals surface area contributed by atoms with Crippen LogP contribution in [0.5, 0.6) is 11.5 Å². The van der Waals surface area contributed by atoms with Gasteiger partial charge in [0.25, 0.3) is 0 Å². The Hall–Kier alpha value is -1.91. The van der Waals surface area contributed by atoms with Crippen molar-refractivity contribution in [2.24, 2.45) is 5.92 Å².